The van der Waals surface area contributed by atoms with E-state index in [1.165, 1.54) is 30.5 Å². The summed E-state index contributed by atoms with van der Waals surface area (Å²) >= 11 is 3.59. The molecule has 1 aliphatic rings. The predicted molar refractivity (Wildman–Crippen MR) is 72.7 cm³/mol. The summed E-state index contributed by atoms with van der Waals surface area (Å²) in [5.41, 5.74) is 8.17. The fraction of sp³-hybridized carbons (Fsp3) is 0.538. The van der Waals surface area contributed by atoms with Crippen LogP contribution in [-0.4, -0.2) is 12.6 Å². The fourth-order valence-corrected chi connectivity index (χ4v) is 2.56. The highest BCUT2D eigenvalue weighted by Crippen LogP contribution is 2.33. The molecule has 1 saturated carbocycles. The summed E-state index contributed by atoms with van der Waals surface area (Å²) in [6.45, 7) is 3.98. The van der Waals surface area contributed by atoms with E-state index in [9.17, 15) is 0 Å². The second kappa shape index (κ2) is 5.19. The van der Waals surface area contributed by atoms with Crippen molar-refractivity contribution in [1.82, 2.24) is 0 Å². The molecule has 0 atom stereocenters. The maximum Gasteiger partial charge on any atom is 0.0380 e. The van der Waals surface area contributed by atoms with E-state index in [1.54, 1.807) is 0 Å². The smallest absolute Gasteiger partial charge is 0.0380 e. The maximum absolute atomic E-state index is 5.66. The third kappa shape index (κ3) is 2.58. The van der Waals surface area contributed by atoms with Gasteiger partial charge in [-0.15, -0.1) is 0 Å². The zero-order valence-electron chi connectivity index (χ0n) is 9.75. The number of hydrogen-bond acceptors (Lipinski definition) is 2. The normalized spacial score (nSPS) is 15.2. The number of benzene rings is 1. The van der Waals surface area contributed by atoms with E-state index in [0.717, 1.165) is 17.1 Å². The highest BCUT2D eigenvalue weighted by atomic mass is 79.9. The molecule has 1 aromatic rings. The van der Waals surface area contributed by atoms with Gasteiger partial charge in [0.15, 0.2) is 0 Å². The van der Waals surface area contributed by atoms with Gasteiger partial charge in [-0.05, 0) is 37.0 Å². The van der Waals surface area contributed by atoms with Gasteiger partial charge in [0.05, 0.1) is 0 Å². The van der Waals surface area contributed by atoms with Gasteiger partial charge in [-0.2, -0.15) is 0 Å². The molecule has 2 nitrogen and oxygen atoms in total. The van der Waals surface area contributed by atoms with Gasteiger partial charge in [0, 0.05) is 29.3 Å². The Balaban J connectivity index is 2.20. The SMILES string of the molecule is CCCN(c1ccc(CN)c(Br)c1)C1CC1. The minimum Gasteiger partial charge on any atom is -0.369 e. The summed E-state index contributed by atoms with van der Waals surface area (Å²) < 4.78 is 1.13. The van der Waals surface area contributed by atoms with E-state index in [0.29, 0.717) is 6.54 Å². The van der Waals surface area contributed by atoms with Crippen LogP contribution in [0.1, 0.15) is 31.7 Å². The van der Waals surface area contributed by atoms with E-state index < -0.39 is 0 Å². The van der Waals surface area contributed by atoms with Crippen molar-refractivity contribution in [2.75, 3.05) is 11.4 Å². The van der Waals surface area contributed by atoms with E-state index in [1.807, 2.05) is 0 Å². The topological polar surface area (TPSA) is 29.3 Å². The first-order chi connectivity index (χ1) is 7.76. The van der Waals surface area contributed by atoms with Crippen molar-refractivity contribution in [3.63, 3.8) is 0 Å². The second-order valence-corrected chi connectivity index (χ2v) is 5.26. The van der Waals surface area contributed by atoms with Crippen molar-refractivity contribution in [3.8, 4) is 0 Å². The standard InChI is InChI=1S/C13H19BrN2/c1-2-7-16(11-5-6-11)12-4-3-10(9-15)13(14)8-12/h3-4,8,11H,2,5-7,9,15H2,1H3. The second-order valence-electron chi connectivity index (χ2n) is 4.40. The zero-order chi connectivity index (χ0) is 11.5. The highest BCUT2D eigenvalue weighted by Gasteiger charge is 2.28. The average Bonchev–Trinajstić information content (AvgIpc) is 3.09. The molecular formula is C13H19BrN2. The fourth-order valence-electron chi connectivity index (χ4n) is 2.03. The molecule has 1 aliphatic carbocycles. The Hall–Kier alpha value is -0.540. The van der Waals surface area contributed by atoms with Crippen LogP contribution in [0.2, 0.25) is 0 Å². The molecule has 2 rings (SSSR count). The van der Waals surface area contributed by atoms with Crippen molar-refractivity contribution < 1.29 is 0 Å². The first-order valence-electron chi connectivity index (χ1n) is 6.01. The molecule has 0 aliphatic heterocycles. The van der Waals surface area contributed by atoms with Crippen LogP contribution >= 0.6 is 15.9 Å². The van der Waals surface area contributed by atoms with Gasteiger partial charge >= 0.3 is 0 Å². The Bertz CT molecular complexity index is 361. The lowest BCUT2D eigenvalue weighted by Crippen LogP contribution is -2.26. The van der Waals surface area contributed by atoms with Gasteiger partial charge < -0.3 is 10.6 Å². The lowest BCUT2D eigenvalue weighted by atomic mass is 10.2. The van der Waals surface area contributed by atoms with Gasteiger partial charge in [-0.1, -0.05) is 28.9 Å². The van der Waals surface area contributed by atoms with Gasteiger partial charge in [-0.25, -0.2) is 0 Å². The van der Waals surface area contributed by atoms with Gasteiger partial charge in [-0.3, -0.25) is 0 Å². The zero-order valence-corrected chi connectivity index (χ0v) is 11.3. The molecule has 1 fully saturated rings. The molecule has 0 saturated heterocycles. The van der Waals surface area contributed by atoms with E-state index in [4.69, 9.17) is 5.73 Å². The average molecular weight is 283 g/mol. The Morgan fingerprint density at radius 1 is 1.44 bits per heavy atom. The quantitative estimate of drug-likeness (QED) is 0.898. The summed E-state index contributed by atoms with van der Waals surface area (Å²) in [5.74, 6) is 0. The van der Waals surface area contributed by atoms with Gasteiger partial charge in [0.1, 0.15) is 0 Å². The minimum absolute atomic E-state index is 0.595. The van der Waals surface area contributed by atoms with Crippen molar-refractivity contribution in [3.05, 3.63) is 28.2 Å². The summed E-state index contributed by atoms with van der Waals surface area (Å²) in [6, 6.07) is 7.30. The molecular weight excluding hydrogens is 264 g/mol. The number of nitrogens with zero attached hydrogens (tertiary/aromatic N) is 1. The molecule has 0 unspecified atom stereocenters. The van der Waals surface area contributed by atoms with Crippen molar-refractivity contribution in [2.45, 2.75) is 38.8 Å². The molecule has 0 bridgehead atoms. The first kappa shape index (κ1) is 11.9. The van der Waals surface area contributed by atoms with E-state index in [-0.39, 0.29) is 0 Å². The molecule has 16 heavy (non-hydrogen) atoms. The summed E-state index contributed by atoms with van der Waals surface area (Å²) in [6.07, 6.45) is 3.89. The van der Waals surface area contributed by atoms with Crippen LogP contribution in [0.5, 0.6) is 0 Å². The molecule has 0 spiro atoms. The van der Waals surface area contributed by atoms with Crippen LogP contribution in [0.15, 0.2) is 22.7 Å². The number of anilines is 1. The Morgan fingerprint density at radius 2 is 2.19 bits per heavy atom. The maximum atomic E-state index is 5.66. The van der Waals surface area contributed by atoms with E-state index in [2.05, 4.69) is 46.0 Å². The van der Waals surface area contributed by atoms with Crippen LogP contribution < -0.4 is 10.6 Å². The predicted octanol–water partition coefficient (Wildman–Crippen LogP) is 3.29. The van der Waals surface area contributed by atoms with Crippen molar-refractivity contribution in [1.29, 1.82) is 0 Å². The minimum atomic E-state index is 0.595. The first-order valence-corrected chi connectivity index (χ1v) is 6.80. The van der Waals surface area contributed by atoms with Crippen LogP contribution in [0, 0.1) is 0 Å². The Labute approximate surface area is 106 Å². The number of rotatable bonds is 5. The number of nitrogens with two attached hydrogens (primary N) is 1. The monoisotopic (exact) mass is 282 g/mol. The third-order valence-corrected chi connectivity index (χ3v) is 3.78. The summed E-state index contributed by atoms with van der Waals surface area (Å²) in [7, 11) is 0. The molecule has 0 heterocycles. The number of hydrogen-bond donors (Lipinski definition) is 1. The summed E-state index contributed by atoms with van der Waals surface area (Å²) in [5, 5.41) is 0. The molecule has 88 valence electrons. The lowest BCUT2D eigenvalue weighted by Gasteiger charge is -2.24. The molecule has 1 aromatic carbocycles. The van der Waals surface area contributed by atoms with Gasteiger partial charge in [0.25, 0.3) is 0 Å². The Kier molecular flexibility index (Phi) is 3.87. The molecule has 0 radical (unpaired) electrons. The highest BCUT2D eigenvalue weighted by molar-refractivity contribution is 9.10. The molecule has 2 N–H and O–H groups in total. The summed E-state index contributed by atoms with van der Waals surface area (Å²) in [4.78, 5) is 2.52. The van der Waals surface area contributed by atoms with E-state index >= 15 is 0 Å². The molecule has 3 heteroatoms. The van der Waals surface area contributed by atoms with Crippen LogP contribution in [0.25, 0.3) is 0 Å². The largest absolute Gasteiger partial charge is 0.369 e. The lowest BCUT2D eigenvalue weighted by molar-refractivity contribution is 0.762. The van der Waals surface area contributed by atoms with Crippen LogP contribution in [-0.2, 0) is 6.54 Å². The molecule has 0 amide bonds. The van der Waals surface area contributed by atoms with Crippen LogP contribution in [0.3, 0.4) is 0 Å². The molecule has 0 aromatic heterocycles. The van der Waals surface area contributed by atoms with Crippen molar-refractivity contribution >= 4 is 21.6 Å². The van der Waals surface area contributed by atoms with Gasteiger partial charge in [0.2, 0.25) is 0 Å². The Morgan fingerprint density at radius 3 is 2.69 bits per heavy atom. The third-order valence-electron chi connectivity index (χ3n) is 3.04. The number of halogens is 1. The van der Waals surface area contributed by atoms with Crippen LogP contribution in [0.4, 0.5) is 5.69 Å². The van der Waals surface area contributed by atoms with Crippen molar-refractivity contribution in [2.24, 2.45) is 5.73 Å².